The van der Waals surface area contributed by atoms with Gasteiger partial charge in [0.2, 0.25) is 5.91 Å². The molecule has 0 aliphatic carbocycles. The Hall–Kier alpha value is -3.66. The fourth-order valence-electron chi connectivity index (χ4n) is 3.42. The summed E-state index contributed by atoms with van der Waals surface area (Å²) < 4.78 is 3.12. The summed E-state index contributed by atoms with van der Waals surface area (Å²) in [7, 11) is 0. The van der Waals surface area contributed by atoms with Gasteiger partial charge in [0.25, 0.3) is 0 Å². The van der Waals surface area contributed by atoms with Crippen molar-refractivity contribution in [2.24, 2.45) is 0 Å². The zero-order valence-corrected chi connectivity index (χ0v) is 15.7. The second-order valence-electron chi connectivity index (χ2n) is 6.91. The first-order valence-corrected chi connectivity index (χ1v) is 9.33. The average molecular weight is 390 g/mol. The van der Waals surface area contributed by atoms with E-state index in [0.29, 0.717) is 30.3 Å². The minimum Gasteiger partial charge on any atom is -0.385 e. The van der Waals surface area contributed by atoms with Crippen LogP contribution in [0.3, 0.4) is 0 Å². The van der Waals surface area contributed by atoms with Gasteiger partial charge in [-0.1, -0.05) is 12.1 Å². The summed E-state index contributed by atoms with van der Waals surface area (Å²) in [4.78, 5) is 18.4. The van der Waals surface area contributed by atoms with Crippen molar-refractivity contribution in [1.82, 2.24) is 34.6 Å². The molecule has 5 rings (SSSR count). The highest BCUT2D eigenvalue weighted by Crippen LogP contribution is 2.28. The van der Waals surface area contributed by atoms with Gasteiger partial charge in [-0.25, -0.2) is 4.98 Å². The summed E-state index contributed by atoms with van der Waals surface area (Å²) in [5.41, 5.74) is 2.20. The van der Waals surface area contributed by atoms with E-state index in [-0.39, 0.29) is 11.7 Å². The normalized spacial score (nSPS) is 15.4. The first kappa shape index (κ1) is 17.4. The Morgan fingerprint density at radius 2 is 2.07 bits per heavy atom. The molecule has 1 unspecified atom stereocenters. The van der Waals surface area contributed by atoms with Crippen LogP contribution in [-0.4, -0.2) is 52.1 Å². The maximum absolute atomic E-state index is 12.1. The molecule has 1 aromatic carbocycles. The topological polar surface area (TPSA) is 114 Å². The molecule has 1 aliphatic rings. The van der Waals surface area contributed by atoms with Gasteiger partial charge in [0, 0.05) is 24.2 Å². The first-order chi connectivity index (χ1) is 14.1. The monoisotopic (exact) mass is 390 g/mol. The Labute approximate surface area is 165 Å². The van der Waals surface area contributed by atoms with Crippen molar-refractivity contribution < 1.29 is 9.90 Å². The summed E-state index contributed by atoms with van der Waals surface area (Å²) in [6.07, 6.45) is 2.09. The van der Waals surface area contributed by atoms with Crippen LogP contribution in [0.1, 0.15) is 31.7 Å². The Bertz CT molecular complexity index is 1210. The number of hydrogen-bond donors (Lipinski definition) is 1. The molecule has 0 spiro atoms. The fourth-order valence-corrected chi connectivity index (χ4v) is 3.42. The van der Waals surface area contributed by atoms with Gasteiger partial charge in [-0.15, -0.1) is 20.4 Å². The van der Waals surface area contributed by atoms with Crippen LogP contribution in [0.15, 0.2) is 42.7 Å². The molecular weight excluding hydrogens is 372 g/mol. The number of aliphatic hydroxyl groups is 1. The highest BCUT2D eigenvalue weighted by atomic mass is 16.3. The number of carbonyl (C=O) groups is 1. The van der Waals surface area contributed by atoms with Crippen molar-refractivity contribution in [3.63, 3.8) is 0 Å². The van der Waals surface area contributed by atoms with Gasteiger partial charge in [-0.05, 0) is 37.6 Å². The van der Waals surface area contributed by atoms with Crippen LogP contribution >= 0.6 is 0 Å². The van der Waals surface area contributed by atoms with Crippen molar-refractivity contribution in [2.45, 2.75) is 25.9 Å². The molecule has 0 saturated carbocycles. The predicted octanol–water partition coefficient (Wildman–Crippen LogP) is 1.55. The molecule has 0 radical (unpaired) electrons. The van der Waals surface area contributed by atoms with E-state index in [9.17, 15) is 9.90 Å². The van der Waals surface area contributed by atoms with E-state index in [0.717, 1.165) is 17.7 Å². The first-order valence-electron chi connectivity index (χ1n) is 9.33. The number of aromatic nitrogens is 7. The molecule has 1 saturated heterocycles. The molecule has 4 aromatic rings. The quantitative estimate of drug-likeness (QED) is 0.562. The highest BCUT2D eigenvalue weighted by Gasteiger charge is 2.23. The number of fused-ring (bicyclic) bond motifs is 1. The van der Waals surface area contributed by atoms with Crippen LogP contribution in [-0.2, 0) is 4.79 Å². The van der Waals surface area contributed by atoms with Crippen LogP contribution < -0.4 is 4.90 Å². The number of amides is 1. The maximum atomic E-state index is 12.1. The number of carbonyl (C=O) groups excluding carboxylic acids is 1. The number of rotatable bonds is 4. The number of nitrogens with zero attached hydrogens (tertiary/aromatic N) is 8. The van der Waals surface area contributed by atoms with E-state index in [4.69, 9.17) is 0 Å². The van der Waals surface area contributed by atoms with Crippen LogP contribution in [0, 0.1) is 0 Å². The zero-order chi connectivity index (χ0) is 20.0. The van der Waals surface area contributed by atoms with Crippen LogP contribution in [0.4, 0.5) is 5.69 Å². The standard InChI is InChI=1S/C19H18N8O2/c1-12(28)18-21-19(13-4-2-5-14(10-13)25-9-3-6-17(25)29)27(24-18)16-8-7-15-22-20-11-26(15)23-16/h2,4-5,7-8,10-12,28H,3,6,9H2,1H3. The maximum Gasteiger partial charge on any atom is 0.227 e. The third-order valence-electron chi connectivity index (χ3n) is 4.85. The number of hydrogen-bond acceptors (Lipinski definition) is 7. The fraction of sp³-hybridized carbons (Fsp3) is 0.263. The lowest BCUT2D eigenvalue weighted by molar-refractivity contribution is -0.117. The van der Waals surface area contributed by atoms with Crippen molar-refractivity contribution in [2.75, 3.05) is 11.4 Å². The van der Waals surface area contributed by atoms with Crippen LogP contribution in [0.2, 0.25) is 0 Å². The number of aliphatic hydroxyl groups excluding tert-OH is 1. The van der Waals surface area contributed by atoms with Crippen molar-refractivity contribution in [1.29, 1.82) is 0 Å². The van der Waals surface area contributed by atoms with E-state index >= 15 is 0 Å². The SMILES string of the molecule is CC(O)c1nc(-c2cccc(N3CCCC3=O)c2)n(-c2ccc3nncn3n2)n1. The largest absolute Gasteiger partial charge is 0.385 e. The molecule has 1 aliphatic heterocycles. The molecule has 0 bridgehead atoms. The Kier molecular flexibility index (Phi) is 4.06. The van der Waals surface area contributed by atoms with Gasteiger partial charge in [-0.3, -0.25) is 4.79 Å². The third-order valence-corrected chi connectivity index (χ3v) is 4.85. The van der Waals surface area contributed by atoms with Gasteiger partial charge in [0.1, 0.15) is 12.4 Å². The zero-order valence-electron chi connectivity index (χ0n) is 15.7. The molecule has 29 heavy (non-hydrogen) atoms. The van der Waals surface area contributed by atoms with E-state index in [1.807, 2.05) is 24.3 Å². The van der Waals surface area contributed by atoms with Gasteiger partial charge >= 0.3 is 0 Å². The summed E-state index contributed by atoms with van der Waals surface area (Å²) in [6.45, 7) is 2.32. The molecule has 3 aromatic heterocycles. The molecule has 1 atom stereocenters. The summed E-state index contributed by atoms with van der Waals surface area (Å²) in [5.74, 6) is 1.44. The molecule has 10 heteroatoms. The second kappa shape index (κ2) is 6.74. The summed E-state index contributed by atoms with van der Waals surface area (Å²) in [6, 6.07) is 11.1. The lowest BCUT2D eigenvalue weighted by Crippen LogP contribution is -2.23. The molecule has 4 heterocycles. The van der Waals surface area contributed by atoms with E-state index in [1.165, 1.54) is 6.33 Å². The Balaban J connectivity index is 1.64. The Morgan fingerprint density at radius 3 is 2.86 bits per heavy atom. The van der Waals surface area contributed by atoms with Gasteiger partial charge in [0.05, 0.1) is 0 Å². The smallest absolute Gasteiger partial charge is 0.227 e. The van der Waals surface area contributed by atoms with Crippen molar-refractivity contribution >= 4 is 17.2 Å². The minimum absolute atomic E-state index is 0.119. The lowest BCUT2D eigenvalue weighted by atomic mass is 10.1. The van der Waals surface area contributed by atoms with E-state index < -0.39 is 6.10 Å². The second-order valence-corrected chi connectivity index (χ2v) is 6.91. The van der Waals surface area contributed by atoms with E-state index in [1.54, 1.807) is 33.2 Å². The molecule has 1 fully saturated rings. The summed E-state index contributed by atoms with van der Waals surface area (Å²) >= 11 is 0. The number of benzene rings is 1. The van der Waals surface area contributed by atoms with Crippen LogP contribution in [0.5, 0.6) is 0 Å². The van der Waals surface area contributed by atoms with Gasteiger partial charge < -0.3 is 10.0 Å². The van der Waals surface area contributed by atoms with E-state index in [2.05, 4.69) is 25.4 Å². The number of anilines is 1. The summed E-state index contributed by atoms with van der Waals surface area (Å²) in [5, 5.41) is 26.7. The molecule has 146 valence electrons. The third kappa shape index (κ3) is 3.03. The minimum atomic E-state index is -0.836. The molecule has 10 nitrogen and oxygen atoms in total. The van der Waals surface area contributed by atoms with Crippen LogP contribution in [0.25, 0.3) is 22.9 Å². The highest BCUT2D eigenvalue weighted by molar-refractivity contribution is 5.95. The molecular formula is C19H18N8O2. The van der Waals surface area contributed by atoms with Crippen molar-refractivity contribution in [3.05, 3.63) is 48.5 Å². The van der Waals surface area contributed by atoms with Gasteiger partial charge in [0.15, 0.2) is 23.1 Å². The molecule has 1 N–H and O–H groups in total. The predicted molar refractivity (Wildman–Crippen MR) is 103 cm³/mol. The van der Waals surface area contributed by atoms with Gasteiger partial charge in [-0.2, -0.15) is 9.20 Å². The lowest BCUT2D eigenvalue weighted by Gasteiger charge is -2.16. The Morgan fingerprint density at radius 1 is 1.17 bits per heavy atom. The van der Waals surface area contributed by atoms with Crippen molar-refractivity contribution in [3.8, 4) is 17.2 Å². The average Bonchev–Trinajstić information content (AvgIpc) is 3.46. The molecule has 1 amide bonds.